The van der Waals surface area contributed by atoms with Gasteiger partial charge in [-0.3, -0.25) is 0 Å². The van der Waals surface area contributed by atoms with Gasteiger partial charge in [0.05, 0.1) is 6.54 Å². The minimum absolute atomic E-state index is 0.312. The Bertz CT molecular complexity index is 639. The maximum absolute atomic E-state index is 6.09. The molecule has 0 spiro atoms. The third-order valence-corrected chi connectivity index (χ3v) is 3.32. The largest absolute Gasteiger partial charge is 0.489 e. The number of hydrogen-bond acceptors (Lipinski definition) is 2. The van der Waals surface area contributed by atoms with E-state index in [0.29, 0.717) is 28.9 Å². The van der Waals surface area contributed by atoms with Crippen LogP contribution in [0, 0.1) is 11.8 Å². The molecule has 0 unspecified atom stereocenters. The summed E-state index contributed by atoms with van der Waals surface area (Å²) in [6, 6.07) is 12.9. The van der Waals surface area contributed by atoms with Crippen LogP contribution >= 0.6 is 23.2 Å². The predicted molar refractivity (Wildman–Crippen MR) is 83.2 cm³/mol. The molecule has 0 radical (unpaired) electrons. The molecule has 2 aromatic rings. The Morgan fingerprint density at radius 1 is 1.05 bits per heavy atom. The van der Waals surface area contributed by atoms with Gasteiger partial charge in [-0.1, -0.05) is 47.2 Å². The molecule has 2 aromatic carbocycles. The molecule has 0 aromatic heterocycles. The summed E-state index contributed by atoms with van der Waals surface area (Å²) in [5.41, 5.74) is 6.98. The van der Waals surface area contributed by atoms with Crippen LogP contribution in [0.15, 0.2) is 42.5 Å². The zero-order valence-electron chi connectivity index (χ0n) is 10.7. The van der Waals surface area contributed by atoms with Crippen LogP contribution in [0.3, 0.4) is 0 Å². The summed E-state index contributed by atoms with van der Waals surface area (Å²) in [6.07, 6.45) is 0. The first kappa shape index (κ1) is 14.7. The van der Waals surface area contributed by atoms with Crippen molar-refractivity contribution in [1.82, 2.24) is 0 Å². The number of benzene rings is 2. The molecule has 2 nitrogen and oxygen atoms in total. The topological polar surface area (TPSA) is 35.2 Å². The molecule has 0 fully saturated rings. The van der Waals surface area contributed by atoms with Crippen molar-refractivity contribution in [3.8, 4) is 17.6 Å². The van der Waals surface area contributed by atoms with Crippen LogP contribution in [0.1, 0.15) is 11.1 Å². The van der Waals surface area contributed by atoms with Gasteiger partial charge in [-0.25, -0.2) is 0 Å². The Morgan fingerprint density at radius 2 is 1.75 bits per heavy atom. The number of rotatable bonds is 3. The Kier molecular flexibility index (Phi) is 5.31. The van der Waals surface area contributed by atoms with E-state index in [4.69, 9.17) is 33.7 Å². The van der Waals surface area contributed by atoms with E-state index in [-0.39, 0.29) is 0 Å². The molecule has 2 rings (SSSR count). The van der Waals surface area contributed by atoms with Gasteiger partial charge in [0.1, 0.15) is 12.4 Å². The fraction of sp³-hybridized carbons (Fsp3) is 0.125. The molecule has 0 aliphatic rings. The molecular formula is C16H13Cl2NO. The highest BCUT2D eigenvalue weighted by Gasteiger charge is 2.06. The summed E-state index contributed by atoms with van der Waals surface area (Å²) >= 11 is 12.2. The van der Waals surface area contributed by atoms with Crippen molar-refractivity contribution in [3.05, 3.63) is 63.6 Å². The van der Waals surface area contributed by atoms with Crippen LogP contribution in [-0.4, -0.2) is 6.54 Å². The molecule has 0 aliphatic heterocycles. The van der Waals surface area contributed by atoms with Gasteiger partial charge in [-0.15, -0.1) is 0 Å². The molecule has 2 N–H and O–H groups in total. The summed E-state index contributed by atoms with van der Waals surface area (Å²) in [6.45, 7) is 0.645. The van der Waals surface area contributed by atoms with Gasteiger partial charge in [0.2, 0.25) is 0 Å². The Balaban J connectivity index is 2.11. The summed E-state index contributed by atoms with van der Waals surface area (Å²) in [5.74, 6) is 6.48. The molecule has 0 saturated heterocycles. The van der Waals surface area contributed by atoms with E-state index >= 15 is 0 Å². The normalized spacial score (nSPS) is 9.75. The van der Waals surface area contributed by atoms with Crippen LogP contribution in [0.25, 0.3) is 0 Å². The molecule has 0 amide bonds. The van der Waals surface area contributed by atoms with Gasteiger partial charge in [0.25, 0.3) is 0 Å². The molecule has 0 saturated carbocycles. The molecule has 0 bridgehead atoms. The minimum Gasteiger partial charge on any atom is -0.489 e. The second-order valence-corrected chi connectivity index (χ2v) is 4.84. The lowest BCUT2D eigenvalue weighted by molar-refractivity contribution is 0.306. The number of hydrogen-bond donors (Lipinski definition) is 1. The smallest absolute Gasteiger partial charge is 0.121 e. The van der Waals surface area contributed by atoms with Crippen molar-refractivity contribution in [2.24, 2.45) is 5.73 Å². The van der Waals surface area contributed by atoms with E-state index < -0.39 is 0 Å². The maximum Gasteiger partial charge on any atom is 0.121 e. The lowest BCUT2D eigenvalue weighted by Gasteiger charge is -2.09. The molecule has 4 heteroatoms. The minimum atomic E-state index is 0.312. The average molecular weight is 306 g/mol. The van der Waals surface area contributed by atoms with E-state index in [0.717, 1.165) is 11.1 Å². The first-order valence-corrected chi connectivity index (χ1v) is 6.81. The van der Waals surface area contributed by atoms with Crippen molar-refractivity contribution >= 4 is 23.2 Å². The summed E-state index contributed by atoms with van der Waals surface area (Å²) in [7, 11) is 0. The quantitative estimate of drug-likeness (QED) is 0.873. The average Bonchev–Trinajstić information content (AvgIpc) is 2.45. The van der Waals surface area contributed by atoms with Gasteiger partial charge in [-0.2, -0.15) is 0 Å². The summed E-state index contributed by atoms with van der Waals surface area (Å²) in [4.78, 5) is 0. The van der Waals surface area contributed by atoms with Gasteiger partial charge in [0.15, 0.2) is 0 Å². The van der Waals surface area contributed by atoms with Gasteiger partial charge >= 0.3 is 0 Å². The summed E-state index contributed by atoms with van der Waals surface area (Å²) < 4.78 is 5.71. The maximum atomic E-state index is 6.09. The van der Waals surface area contributed by atoms with E-state index in [1.54, 1.807) is 18.2 Å². The highest BCUT2D eigenvalue weighted by Crippen LogP contribution is 2.26. The zero-order chi connectivity index (χ0) is 14.4. The highest BCUT2D eigenvalue weighted by molar-refractivity contribution is 6.35. The number of halogens is 2. The third-order valence-electron chi connectivity index (χ3n) is 2.61. The highest BCUT2D eigenvalue weighted by atomic mass is 35.5. The number of nitrogens with two attached hydrogens (primary N) is 1. The van der Waals surface area contributed by atoms with Gasteiger partial charge < -0.3 is 10.5 Å². The van der Waals surface area contributed by atoms with Crippen molar-refractivity contribution in [2.75, 3.05) is 6.54 Å². The summed E-state index contributed by atoms with van der Waals surface area (Å²) in [5, 5.41) is 1.19. The van der Waals surface area contributed by atoms with Crippen molar-refractivity contribution in [2.45, 2.75) is 6.61 Å². The lowest BCUT2D eigenvalue weighted by Crippen LogP contribution is -1.97. The Hall–Kier alpha value is -1.66. The molecule has 0 atom stereocenters. The van der Waals surface area contributed by atoms with E-state index in [1.165, 1.54) is 0 Å². The molecule has 0 heterocycles. The SMILES string of the molecule is NCC#Cc1cccc(OCc2c(Cl)cccc2Cl)c1. The predicted octanol–water partition coefficient (Wildman–Crippen LogP) is 3.88. The molecule has 102 valence electrons. The van der Waals surface area contributed by atoms with Crippen LogP contribution < -0.4 is 10.5 Å². The standard InChI is InChI=1S/C16H13Cl2NO/c17-15-7-2-8-16(18)14(15)11-20-13-6-1-4-12(10-13)5-3-9-19/h1-2,4,6-8,10H,9,11,19H2. The van der Waals surface area contributed by atoms with Crippen LogP contribution in [-0.2, 0) is 6.61 Å². The fourth-order valence-corrected chi connectivity index (χ4v) is 2.15. The number of ether oxygens (including phenoxy) is 1. The fourth-order valence-electron chi connectivity index (χ4n) is 1.64. The van der Waals surface area contributed by atoms with Crippen LogP contribution in [0.5, 0.6) is 5.75 Å². The first-order chi connectivity index (χ1) is 9.70. The van der Waals surface area contributed by atoms with Gasteiger partial charge in [0, 0.05) is 21.2 Å². The first-order valence-electron chi connectivity index (χ1n) is 6.05. The zero-order valence-corrected chi connectivity index (χ0v) is 12.2. The Morgan fingerprint density at radius 3 is 2.45 bits per heavy atom. The third kappa shape index (κ3) is 3.91. The molecule has 0 aliphatic carbocycles. The van der Waals surface area contributed by atoms with Gasteiger partial charge in [-0.05, 0) is 30.3 Å². The second-order valence-electron chi connectivity index (χ2n) is 4.02. The van der Waals surface area contributed by atoms with Crippen LogP contribution in [0.4, 0.5) is 0 Å². The Labute approximate surface area is 128 Å². The van der Waals surface area contributed by atoms with E-state index in [2.05, 4.69) is 11.8 Å². The van der Waals surface area contributed by atoms with Crippen molar-refractivity contribution in [3.63, 3.8) is 0 Å². The van der Waals surface area contributed by atoms with Crippen molar-refractivity contribution < 1.29 is 4.74 Å². The van der Waals surface area contributed by atoms with Crippen molar-refractivity contribution in [1.29, 1.82) is 0 Å². The lowest BCUT2D eigenvalue weighted by atomic mass is 10.2. The molecular weight excluding hydrogens is 293 g/mol. The molecule has 20 heavy (non-hydrogen) atoms. The van der Waals surface area contributed by atoms with E-state index in [1.807, 2.05) is 24.3 Å². The van der Waals surface area contributed by atoms with Crippen LogP contribution in [0.2, 0.25) is 10.0 Å². The van der Waals surface area contributed by atoms with E-state index in [9.17, 15) is 0 Å². The second kappa shape index (κ2) is 7.21. The monoisotopic (exact) mass is 305 g/mol.